The Bertz CT molecular complexity index is 1570. The van der Waals surface area contributed by atoms with Crippen LogP contribution in [0.25, 0.3) is 0 Å². The lowest BCUT2D eigenvalue weighted by Crippen LogP contribution is -2.53. The summed E-state index contributed by atoms with van der Waals surface area (Å²) >= 11 is 12.1. The lowest BCUT2D eigenvalue weighted by atomic mass is 9.97. The first kappa shape index (κ1) is 35.8. The topological polar surface area (TPSA) is 106 Å². The van der Waals surface area contributed by atoms with Crippen LogP contribution < -0.4 is 9.47 Å². The first-order valence-corrected chi connectivity index (χ1v) is 15.5. The Balaban J connectivity index is 1.38. The van der Waals surface area contributed by atoms with Gasteiger partial charge in [0.2, 0.25) is 0 Å². The van der Waals surface area contributed by atoms with Gasteiger partial charge in [-0.05, 0) is 72.6 Å². The Kier molecular flexibility index (Phi) is 10.9. The van der Waals surface area contributed by atoms with E-state index >= 15 is 4.39 Å². The van der Waals surface area contributed by atoms with Crippen LogP contribution in [0.5, 0.6) is 11.5 Å². The maximum absolute atomic E-state index is 15.0. The van der Waals surface area contributed by atoms with E-state index < -0.39 is 56.2 Å². The quantitative estimate of drug-likeness (QED) is 0.238. The Morgan fingerprint density at radius 2 is 1.61 bits per heavy atom. The van der Waals surface area contributed by atoms with E-state index in [2.05, 4.69) is 9.57 Å². The molecule has 254 valence electrons. The lowest BCUT2D eigenvalue weighted by molar-refractivity contribution is -0.274. The van der Waals surface area contributed by atoms with Crippen molar-refractivity contribution in [3.63, 3.8) is 0 Å². The van der Waals surface area contributed by atoms with Crippen molar-refractivity contribution in [3.05, 3.63) is 57.3 Å². The molecule has 2 fully saturated rings. The number of amides is 1. The number of nitrogens with zero attached hydrogens (tertiary/aromatic N) is 3. The Morgan fingerprint density at radius 1 is 0.957 bits per heavy atom. The highest BCUT2D eigenvalue weighted by atomic mass is 35.5. The zero-order chi connectivity index (χ0) is 34.0. The zero-order valence-corrected chi connectivity index (χ0v) is 25.7. The monoisotopic (exact) mass is 725 g/mol. The van der Waals surface area contributed by atoms with Crippen molar-refractivity contribution in [1.29, 1.82) is 0 Å². The van der Waals surface area contributed by atoms with Gasteiger partial charge in [0, 0.05) is 30.7 Å². The van der Waals surface area contributed by atoms with E-state index in [-0.39, 0.29) is 48.0 Å². The second kappa shape index (κ2) is 14.0. The number of hydroxylamine groups is 1. The molecule has 0 spiro atoms. The van der Waals surface area contributed by atoms with Crippen LogP contribution in [-0.2, 0) is 26.4 Å². The Hall–Kier alpha value is -3.06. The number of carbonyl (C=O) groups is 2. The number of alkyl halides is 6. The minimum atomic E-state index is -5.67. The molecule has 0 radical (unpaired) electrons. The molecule has 2 aromatic carbocycles. The molecule has 0 aliphatic carbocycles. The molecule has 10 nitrogen and oxygen atoms in total. The van der Waals surface area contributed by atoms with Crippen molar-refractivity contribution < 1.29 is 63.1 Å². The van der Waals surface area contributed by atoms with Gasteiger partial charge in [0.05, 0.1) is 17.2 Å². The summed E-state index contributed by atoms with van der Waals surface area (Å²) in [5.74, 6) is -7.13. The van der Waals surface area contributed by atoms with Crippen LogP contribution in [0.1, 0.15) is 35.2 Å². The minimum absolute atomic E-state index is 0.0275. The second-order valence-corrected chi connectivity index (χ2v) is 12.9. The number of benzene rings is 2. The molecular formula is C26H24Cl2F7N3O7S. The van der Waals surface area contributed by atoms with Crippen LogP contribution in [0, 0.1) is 11.7 Å². The number of hydrogen-bond donors (Lipinski definition) is 0. The number of carbonyl (C=O) groups excluding carboxylic acids is 2. The third-order valence-corrected chi connectivity index (χ3v) is 9.11. The number of ether oxygens (including phenoxy) is 2. The summed E-state index contributed by atoms with van der Waals surface area (Å²) in [7, 11) is -5.10. The first-order valence-electron chi connectivity index (χ1n) is 13.4. The van der Waals surface area contributed by atoms with Gasteiger partial charge in [0.25, 0.3) is 0 Å². The zero-order valence-electron chi connectivity index (χ0n) is 23.3. The predicted molar refractivity (Wildman–Crippen MR) is 146 cm³/mol. The third-order valence-electron chi connectivity index (χ3n) is 6.92. The van der Waals surface area contributed by atoms with E-state index in [4.69, 9.17) is 27.9 Å². The van der Waals surface area contributed by atoms with Crippen LogP contribution in [-0.4, -0.2) is 79.3 Å². The van der Waals surface area contributed by atoms with Crippen molar-refractivity contribution in [1.82, 2.24) is 13.7 Å². The number of hydrogen-bond acceptors (Lipinski definition) is 8. The number of likely N-dealkylation sites (tertiary alicyclic amines) is 1. The molecule has 0 N–H and O–H groups in total. The molecule has 0 aromatic heterocycles. The predicted octanol–water partition coefficient (Wildman–Crippen LogP) is 5.74. The highest BCUT2D eigenvalue weighted by molar-refractivity contribution is 7.87. The van der Waals surface area contributed by atoms with Gasteiger partial charge in [-0.1, -0.05) is 23.2 Å². The molecule has 2 saturated heterocycles. The number of halogens is 9. The van der Waals surface area contributed by atoms with E-state index in [0.29, 0.717) is 54.4 Å². The van der Waals surface area contributed by atoms with Gasteiger partial charge in [-0.15, -0.1) is 13.2 Å². The van der Waals surface area contributed by atoms with E-state index in [1.54, 1.807) is 0 Å². The summed E-state index contributed by atoms with van der Waals surface area (Å²) in [6.07, 6.45) is -9.09. The number of rotatable bonds is 9. The van der Waals surface area contributed by atoms with Crippen LogP contribution >= 0.6 is 23.2 Å². The molecule has 0 saturated carbocycles. The van der Waals surface area contributed by atoms with Gasteiger partial charge < -0.3 is 14.3 Å². The molecule has 1 amide bonds. The highest BCUT2D eigenvalue weighted by Gasteiger charge is 2.48. The summed E-state index contributed by atoms with van der Waals surface area (Å²) in [5, 5.41) is -0.312. The number of piperidine rings is 1. The largest absolute Gasteiger partial charge is 0.573 e. The van der Waals surface area contributed by atoms with Crippen LogP contribution in [0.4, 0.5) is 30.7 Å². The SMILES string of the molecule is O=C(c1cc(Cl)c(OCC2CCN(Cc3cc(Cl)cc(OC(F)(F)F)c3)CC2)cc1F)N(OC(=O)C(F)(F)F)S(=O)(=O)N1CCC1. The summed E-state index contributed by atoms with van der Waals surface area (Å²) in [5.41, 5.74) is -0.600. The van der Waals surface area contributed by atoms with E-state index in [9.17, 15) is 44.3 Å². The Morgan fingerprint density at radius 3 is 2.17 bits per heavy atom. The fourth-order valence-corrected chi connectivity index (χ4v) is 6.39. The first-order chi connectivity index (χ1) is 21.3. The van der Waals surface area contributed by atoms with Gasteiger partial charge in [-0.25, -0.2) is 9.18 Å². The van der Waals surface area contributed by atoms with Crippen molar-refractivity contribution >= 4 is 45.3 Å². The summed E-state index contributed by atoms with van der Waals surface area (Å²) < 4.78 is 126. The van der Waals surface area contributed by atoms with Gasteiger partial charge in [-0.3, -0.25) is 9.69 Å². The van der Waals surface area contributed by atoms with E-state index in [1.807, 2.05) is 4.90 Å². The molecule has 2 heterocycles. The molecule has 0 bridgehead atoms. The third kappa shape index (κ3) is 9.05. The average Bonchev–Trinajstić information content (AvgIpc) is 2.89. The fourth-order valence-electron chi connectivity index (χ4n) is 4.53. The lowest BCUT2D eigenvalue weighted by Gasteiger charge is -2.33. The van der Waals surface area contributed by atoms with E-state index in [1.165, 1.54) is 12.1 Å². The maximum atomic E-state index is 15.0. The van der Waals surface area contributed by atoms with Gasteiger partial charge >= 0.3 is 34.6 Å². The van der Waals surface area contributed by atoms with Crippen molar-refractivity contribution in [2.45, 2.75) is 38.3 Å². The molecule has 2 aliphatic rings. The van der Waals surface area contributed by atoms with Crippen LogP contribution in [0.15, 0.2) is 30.3 Å². The summed E-state index contributed by atoms with van der Waals surface area (Å²) in [6, 6.07) is 5.08. The normalized spacial score (nSPS) is 16.9. The van der Waals surface area contributed by atoms with Gasteiger partial charge in [-0.2, -0.15) is 25.9 Å². The summed E-state index contributed by atoms with van der Waals surface area (Å²) in [6.45, 7) is 0.997. The average molecular weight is 726 g/mol. The van der Waals surface area contributed by atoms with E-state index in [0.717, 1.165) is 6.07 Å². The van der Waals surface area contributed by atoms with Crippen LogP contribution in [0.3, 0.4) is 0 Å². The second-order valence-electron chi connectivity index (χ2n) is 10.3. The van der Waals surface area contributed by atoms with Gasteiger partial charge in [0.1, 0.15) is 17.3 Å². The maximum Gasteiger partial charge on any atom is 0.573 e. The van der Waals surface area contributed by atoms with Crippen molar-refractivity contribution in [2.24, 2.45) is 5.92 Å². The summed E-state index contributed by atoms with van der Waals surface area (Å²) in [4.78, 5) is 30.2. The molecule has 4 rings (SSSR count). The molecule has 46 heavy (non-hydrogen) atoms. The molecular weight excluding hydrogens is 702 g/mol. The molecule has 2 aromatic rings. The highest BCUT2D eigenvalue weighted by Crippen LogP contribution is 2.32. The molecule has 0 unspecified atom stereocenters. The van der Waals surface area contributed by atoms with Crippen LogP contribution in [0.2, 0.25) is 10.0 Å². The molecule has 0 atom stereocenters. The fraction of sp³-hybridized carbons (Fsp3) is 0.462. The van der Waals surface area contributed by atoms with Crippen molar-refractivity contribution in [3.8, 4) is 11.5 Å². The molecule has 2 aliphatic heterocycles. The van der Waals surface area contributed by atoms with Gasteiger partial charge in [0.15, 0.2) is 0 Å². The van der Waals surface area contributed by atoms with Crippen molar-refractivity contribution in [2.75, 3.05) is 32.8 Å². The molecule has 20 heteroatoms. The standard InChI is InChI=1S/C26H24Cl2F7N3O7S/c27-17-8-16(9-18(10-17)44-26(33,34)35)13-36-6-2-15(3-7-36)14-43-22-12-21(29)19(11-20(22)28)23(39)38(45-24(40)25(30,31)32)46(41,42)37-4-1-5-37/h8-12,15H,1-7,13-14H2. The smallest absolute Gasteiger partial charge is 0.492 e. The Labute approximate surface area is 267 Å². The minimum Gasteiger partial charge on any atom is -0.492 e.